The third-order valence-corrected chi connectivity index (χ3v) is 11.2. The fraction of sp³-hybridized carbons (Fsp3) is 0.786. The van der Waals surface area contributed by atoms with E-state index in [9.17, 15) is 24.3 Å². The van der Waals surface area contributed by atoms with E-state index in [4.69, 9.17) is 9.47 Å². The number of carbonyl (C=O) groups is 4. The molecule has 0 heterocycles. The number of ether oxygens (including phenoxy) is 2. The van der Waals surface area contributed by atoms with Crippen molar-refractivity contribution in [1.29, 1.82) is 0 Å². The molecule has 0 aromatic heterocycles. The second-order valence-corrected chi connectivity index (χ2v) is 12.2. The maximum atomic E-state index is 17.4. The van der Waals surface area contributed by atoms with E-state index >= 15 is 4.39 Å². The number of ketones is 2. The molecule has 0 amide bonds. The number of Topliss-reactive ketones (excluding diaryl/α,β-unsaturated/α-hetero) is 1. The first-order chi connectivity index (χ1) is 16.8. The fourth-order valence-corrected chi connectivity index (χ4v) is 9.58. The molecule has 5 aliphatic rings. The van der Waals surface area contributed by atoms with Gasteiger partial charge in [0.2, 0.25) is 5.78 Å². The summed E-state index contributed by atoms with van der Waals surface area (Å²) in [6.45, 7) is 8.16. The molecule has 5 aliphatic carbocycles. The number of fused-ring (bicyclic) bond motifs is 5. The molecule has 5 rings (SSSR count). The highest BCUT2D eigenvalue weighted by molar-refractivity contribution is 6.00. The summed E-state index contributed by atoms with van der Waals surface area (Å²) < 4.78 is 28.6. The van der Waals surface area contributed by atoms with Crippen LogP contribution in [0.5, 0.6) is 0 Å². The Morgan fingerprint density at radius 2 is 1.81 bits per heavy atom. The number of allylic oxidation sites excluding steroid dienone is 2. The summed E-state index contributed by atoms with van der Waals surface area (Å²) >= 11 is 0. The number of hydrogen-bond donors (Lipinski definition) is 1. The SMILES string of the molecule is CCC(=O)OCC(=O)[C@@]1(OC(=O)CC)[C@@H](C)C[C@H]2[C@@H]3CCC45C=CC(=O)C4[C@@]5(C)[C@@]3(F)[C@@H](O)C[C@@]21C. The first kappa shape index (κ1) is 25.6. The van der Waals surface area contributed by atoms with Gasteiger partial charge in [0.05, 0.1) is 6.10 Å². The Balaban J connectivity index is 1.57. The lowest BCUT2D eigenvalue weighted by atomic mass is 9.47. The van der Waals surface area contributed by atoms with Crippen LogP contribution in [0.2, 0.25) is 0 Å². The minimum Gasteiger partial charge on any atom is -0.457 e. The van der Waals surface area contributed by atoms with Crippen molar-refractivity contribution in [2.45, 2.75) is 90.5 Å². The summed E-state index contributed by atoms with van der Waals surface area (Å²) in [5.74, 6) is -3.58. The number of esters is 2. The summed E-state index contributed by atoms with van der Waals surface area (Å²) in [6.07, 6.45) is 3.58. The van der Waals surface area contributed by atoms with E-state index in [2.05, 4.69) is 0 Å². The van der Waals surface area contributed by atoms with Crippen LogP contribution in [0.3, 0.4) is 0 Å². The Kier molecular flexibility index (Phi) is 5.48. The first-order valence-corrected chi connectivity index (χ1v) is 13.3. The average molecular weight is 505 g/mol. The number of halogens is 1. The number of alkyl halides is 1. The number of carbonyl (C=O) groups excluding carboxylic acids is 4. The molecule has 7 nitrogen and oxygen atoms in total. The van der Waals surface area contributed by atoms with Gasteiger partial charge in [-0.3, -0.25) is 19.2 Å². The summed E-state index contributed by atoms with van der Waals surface area (Å²) in [6, 6.07) is 0. The lowest BCUT2D eigenvalue weighted by Crippen LogP contribution is -2.68. The fourth-order valence-electron chi connectivity index (χ4n) is 9.58. The molecule has 0 aliphatic heterocycles. The van der Waals surface area contributed by atoms with Crippen LogP contribution >= 0.6 is 0 Å². The van der Waals surface area contributed by atoms with Gasteiger partial charge in [-0.1, -0.05) is 40.7 Å². The molecule has 0 aromatic rings. The molecule has 0 saturated heterocycles. The average Bonchev–Trinajstić information content (AvgIpc) is 3.12. The van der Waals surface area contributed by atoms with E-state index in [1.807, 2.05) is 19.9 Å². The maximum absolute atomic E-state index is 17.4. The van der Waals surface area contributed by atoms with Gasteiger partial charge in [-0.05, 0) is 43.6 Å². The molecular weight excluding hydrogens is 467 g/mol. The highest BCUT2D eigenvalue weighted by Crippen LogP contribution is 2.86. The van der Waals surface area contributed by atoms with E-state index in [0.29, 0.717) is 19.3 Å². The summed E-state index contributed by atoms with van der Waals surface area (Å²) in [5, 5.41) is 11.6. The van der Waals surface area contributed by atoms with Crippen molar-refractivity contribution in [2.24, 2.45) is 39.9 Å². The van der Waals surface area contributed by atoms with Crippen molar-refractivity contribution in [3.8, 4) is 0 Å². The number of rotatable bonds is 6. The van der Waals surface area contributed by atoms with Crippen LogP contribution in [0.4, 0.5) is 4.39 Å². The highest BCUT2D eigenvalue weighted by Gasteiger charge is 2.90. The van der Waals surface area contributed by atoms with E-state index < -0.39 is 75.7 Å². The number of hydrogen-bond acceptors (Lipinski definition) is 7. The lowest BCUT2D eigenvalue weighted by molar-refractivity contribution is -0.232. The third kappa shape index (κ3) is 2.62. The Morgan fingerprint density at radius 3 is 2.44 bits per heavy atom. The normalized spacial score (nSPS) is 50.0. The van der Waals surface area contributed by atoms with Crippen molar-refractivity contribution >= 4 is 23.5 Å². The number of aliphatic hydroxyl groups excluding tert-OH is 1. The van der Waals surface area contributed by atoms with Crippen molar-refractivity contribution in [3.05, 3.63) is 12.2 Å². The highest BCUT2D eigenvalue weighted by atomic mass is 19.1. The van der Waals surface area contributed by atoms with Crippen LogP contribution in [0.15, 0.2) is 12.2 Å². The van der Waals surface area contributed by atoms with Gasteiger partial charge in [0.25, 0.3) is 0 Å². The van der Waals surface area contributed by atoms with Gasteiger partial charge in [-0.25, -0.2) is 4.39 Å². The predicted octanol–water partition coefficient (Wildman–Crippen LogP) is 3.51. The van der Waals surface area contributed by atoms with Crippen molar-refractivity contribution in [1.82, 2.24) is 0 Å². The molecule has 198 valence electrons. The van der Waals surface area contributed by atoms with Crippen LogP contribution in [0.1, 0.15) is 73.1 Å². The largest absolute Gasteiger partial charge is 0.457 e. The van der Waals surface area contributed by atoms with Crippen LogP contribution in [-0.2, 0) is 28.7 Å². The lowest BCUT2D eigenvalue weighted by Gasteiger charge is -2.60. The van der Waals surface area contributed by atoms with E-state index in [0.717, 1.165) is 0 Å². The maximum Gasteiger partial charge on any atom is 0.306 e. The second kappa shape index (κ2) is 7.71. The van der Waals surface area contributed by atoms with Gasteiger partial charge in [-0.15, -0.1) is 0 Å². The topological polar surface area (TPSA) is 107 Å². The Labute approximate surface area is 211 Å². The zero-order valence-corrected chi connectivity index (χ0v) is 21.8. The van der Waals surface area contributed by atoms with Gasteiger partial charge in [-0.2, -0.15) is 0 Å². The van der Waals surface area contributed by atoms with E-state index in [-0.39, 0.29) is 31.0 Å². The van der Waals surface area contributed by atoms with Crippen molar-refractivity contribution < 1.29 is 38.1 Å². The molecule has 0 radical (unpaired) electrons. The van der Waals surface area contributed by atoms with Crippen molar-refractivity contribution in [2.75, 3.05) is 6.61 Å². The zero-order chi connectivity index (χ0) is 26.5. The van der Waals surface area contributed by atoms with E-state index in [1.165, 1.54) is 0 Å². The van der Waals surface area contributed by atoms with Gasteiger partial charge in [0.15, 0.2) is 18.0 Å². The molecule has 10 atom stereocenters. The third-order valence-electron chi connectivity index (χ3n) is 11.2. The molecule has 36 heavy (non-hydrogen) atoms. The smallest absolute Gasteiger partial charge is 0.306 e. The molecule has 0 aromatic carbocycles. The minimum atomic E-state index is -2.00. The molecular formula is C28H37FO7. The summed E-state index contributed by atoms with van der Waals surface area (Å²) in [7, 11) is 0. The molecule has 2 unspecified atom stereocenters. The Bertz CT molecular complexity index is 1070. The molecule has 4 fully saturated rings. The standard InChI is InChI=1S/C28H37FO7/c1-6-21(33)35-14-20(32)28(36-22(34)7-2)15(3)12-17-16-8-10-26-11-9-18(30)23(26)25(26,5)27(16,29)19(31)13-24(17,28)4/h9,11,15-17,19,23,31H,6-8,10,12-14H2,1-5H3/t15-,16-,17-,19-,23?,24-,25+,26?,27-,28-/m0/s1. The first-order valence-electron chi connectivity index (χ1n) is 13.3. The molecule has 8 heteroatoms. The van der Waals surface area contributed by atoms with Gasteiger partial charge < -0.3 is 14.6 Å². The van der Waals surface area contributed by atoms with Crippen LogP contribution < -0.4 is 0 Å². The van der Waals surface area contributed by atoms with Crippen LogP contribution in [0.25, 0.3) is 0 Å². The monoisotopic (exact) mass is 504 g/mol. The summed E-state index contributed by atoms with van der Waals surface area (Å²) in [5.41, 5.74) is -6.25. The van der Waals surface area contributed by atoms with Crippen molar-refractivity contribution in [3.63, 3.8) is 0 Å². The molecule has 1 spiro atoms. The van der Waals surface area contributed by atoms with Crippen LogP contribution in [-0.4, -0.2) is 52.6 Å². The van der Waals surface area contributed by atoms with Gasteiger partial charge >= 0.3 is 11.9 Å². The van der Waals surface area contributed by atoms with Crippen LogP contribution in [0, 0.1) is 39.9 Å². The van der Waals surface area contributed by atoms with Gasteiger partial charge in [0.1, 0.15) is 5.67 Å². The Morgan fingerprint density at radius 1 is 1.14 bits per heavy atom. The Hall–Kier alpha value is -2.09. The quantitative estimate of drug-likeness (QED) is 0.552. The molecule has 4 saturated carbocycles. The van der Waals surface area contributed by atoms with Gasteiger partial charge in [0, 0.05) is 40.9 Å². The number of aliphatic hydroxyl groups is 1. The van der Waals surface area contributed by atoms with E-state index in [1.54, 1.807) is 26.8 Å². The predicted molar refractivity (Wildman–Crippen MR) is 126 cm³/mol. The second-order valence-electron chi connectivity index (χ2n) is 12.2. The minimum absolute atomic E-state index is 0.0486. The summed E-state index contributed by atoms with van der Waals surface area (Å²) in [4.78, 5) is 51.0. The molecule has 0 bridgehead atoms. The molecule has 1 N–H and O–H groups in total. The zero-order valence-electron chi connectivity index (χ0n) is 21.8.